The minimum atomic E-state index is 0.492. The molecule has 1 aromatic heterocycles. The molecule has 0 amide bonds. The predicted molar refractivity (Wildman–Crippen MR) is 64.2 cm³/mol. The summed E-state index contributed by atoms with van der Waals surface area (Å²) in [5.74, 6) is 3.86. The summed E-state index contributed by atoms with van der Waals surface area (Å²) in [4.78, 5) is 4.10. The van der Waals surface area contributed by atoms with Gasteiger partial charge in [0, 0.05) is 6.04 Å². The molecule has 17 heavy (non-hydrogen) atoms. The maximum Gasteiger partial charge on any atom is 0.140 e. The molecular weight excluding hydrogens is 210 g/mol. The molecule has 1 heterocycles. The van der Waals surface area contributed by atoms with Gasteiger partial charge in [-0.05, 0) is 55.1 Å². The van der Waals surface area contributed by atoms with Gasteiger partial charge in [0.2, 0.25) is 0 Å². The number of hydrogen-bond acceptors (Lipinski definition) is 3. The standard InChI is InChI=1S/C14H15N3/c15-6-10-3-4-11(7-16-10)17-14-12-8-1-2-9(5-8)13(12)14/h3-4,7-9,12-14,17H,1-2,5H2. The lowest BCUT2D eigenvalue weighted by Crippen LogP contribution is -2.12. The predicted octanol–water partition coefficient (Wildman–Crippen LogP) is 2.41. The summed E-state index contributed by atoms with van der Waals surface area (Å²) in [5, 5.41) is 12.3. The summed E-state index contributed by atoms with van der Waals surface area (Å²) in [5.41, 5.74) is 1.56. The summed E-state index contributed by atoms with van der Waals surface area (Å²) in [6, 6.07) is 6.50. The first-order chi connectivity index (χ1) is 8.36. The molecule has 1 aromatic rings. The third-order valence-corrected chi connectivity index (χ3v) is 4.95. The second kappa shape index (κ2) is 3.22. The maximum atomic E-state index is 8.70. The number of anilines is 1. The highest BCUT2D eigenvalue weighted by Gasteiger charge is 2.64. The van der Waals surface area contributed by atoms with Crippen LogP contribution in [0.1, 0.15) is 25.0 Å². The average Bonchev–Trinajstić information content (AvgIpc) is 2.76. The lowest BCUT2D eigenvalue weighted by atomic mass is 10.0. The normalized spacial score (nSPS) is 40.8. The number of pyridine rings is 1. The van der Waals surface area contributed by atoms with Gasteiger partial charge in [-0.1, -0.05) is 0 Å². The Kier molecular flexibility index (Phi) is 1.80. The molecule has 3 fully saturated rings. The Hall–Kier alpha value is -1.56. The van der Waals surface area contributed by atoms with E-state index in [1.54, 1.807) is 12.3 Å². The van der Waals surface area contributed by atoms with Crippen LogP contribution in [0.3, 0.4) is 0 Å². The van der Waals surface area contributed by atoms with E-state index in [2.05, 4.69) is 10.3 Å². The number of rotatable bonds is 2. The molecule has 0 spiro atoms. The number of nitriles is 1. The molecule has 4 unspecified atom stereocenters. The van der Waals surface area contributed by atoms with E-state index in [1.807, 2.05) is 12.1 Å². The highest BCUT2D eigenvalue weighted by Crippen LogP contribution is 2.66. The minimum absolute atomic E-state index is 0.492. The van der Waals surface area contributed by atoms with E-state index in [0.29, 0.717) is 11.7 Å². The first-order valence-electron chi connectivity index (χ1n) is 6.49. The Morgan fingerprint density at radius 1 is 1.24 bits per heavy atom. The number of nitrogens with one attached hydrogen (secondary N) is 1. The Morgan fingerprint density at radius 3 is 2.59 bits per heavy atom. The topological polar surface area (TPSA) is 48.7 Å². The molecule has 0 aromatic carbocycles. The first-order valence-corrected chi connectivity index (χ1v) is 6.49. The molecule has 3 nitrogen and oxygen atoms in total. The minimum Gasteiger partial charge on any atom is -0.380 e. The summed E-state index contributed by atoms with van der Waals surface area (Å²) >= 11 is 0. The molecule has 3 saturated carbocycles. The van der Waals surface area contributed by atoms with Gasteiger partial charge in [-0.3, -0.25) is 0 Å². The van der Waals surface area contributed by atoms with E-state index in [1.165, 1.54) is 19.3 Å². The van der Waals surface area contributed by atoms with Crippen molar-refractivity contribution in [2.24, 2.45) is 23.7 Å². The second-order valence-corrected chi connectivity index (χ2v) is 5.70. The van der Waals surface area contributed by atoms with Crippen LogP contribution in [0.4, 0.5) is 5.69 Å². The van der Waals surface area contributed by atoms with Gasteiger partial charge in [-0.25, -0.2) is 4.98 Å². The highest BCUT2D eigenvalue weighted by molar-refractivity contribution is 5.46. The molecule has 3 aliphatic carbocycles. The molecule has 3 aliphatic rings. The smallest absolute Gasteiger partial charge is 0.140 e. The van der Waals surface area contributed by atoms with Crippen molar-refractivity contribution >= 4 is 5.69 Å². The van der Waals surface area contributed by atoms with E-state index in [0.717, 1.165) is 29.4 Å². The monoisotopic (exact) mass is 225 g/mol. The van der Waals surface area contributed by atoms with Crippen LogP contribution < -0.4 is 5.32 Å². The average molecular weight is 225 g/mol. The zero-order chi connectivity index (χ0) is 11.4. The van der Waals surface area contributed by atoms with E-state index in [-0.39, 0.29) is 0 Å². The van der Waals surface area contributed by atoms with E-state index >= 15 is 0 Å². The molecule has 2 bridgehead atoms. The van der Waals surface area contributed by atoms with Gasteiger partial charge < -0.3 is 5.32 Å². The fourth-order valence-electron chi connectivity index (χ4n) is 4.26. The SMILES string of the molecule is N#Cc1ccc(NC2C3C4CCC(C4)C23)cn1. The van der Waals surface area contributed by atoms with E-state index in [4.69, 9.17) is 5.26 Å². The number of fused-ring (bicyclic) bond motifs is 5. The summed E-state index contributed by atoms with van der Waals surface area (Å²) in [7, 11) is 0. The van der Waals surface area contributed by atoms with Gasteiger partial charge in [0.15, 0.2) is 0 Å². The number of hydrogen-bond donors (Lipinski definition) is 1. The molecule has 1 N–H and O–H groups in total. The Balaban J connectivity index is 1.47. The van der Waals surface area contributed by atoms with Crippen LogP contribution in [0.5, 0.6) is 0 Å². The third-order valence-electron chi connectivity index (χ3n) is 4.95. The van der Waals surface area contributed by atoms with Crippen molar-refractivity contribution in [3.05, 3.63) is 24.0 Å². The van der Waals surface area contributed by atoms with Crippen LogP contribution in [0.2, 0.25) is 0 Å². The Labute approximate surface area is 101 Å². The zero-order valence-corrected chi connectivity index (χ0v) is 9.63. The number of aromatic nitrogens is 1. The van der Waals surface area contributed by atoms with Crippen molar-refractivity contribution in [3.8, 4) is 6.07 Å². The molecule has 0 saturated heterocycles. The molecule has 3 heteroatoms. The van der Waals surface area contributed by atoms with Crippen molar-refractivity contribution in [3.63, 3.8) is 0 Å². The quantitative estimate of drug-likeness (QED) is 0.840. The molecule has 0 radical (unpaired) electrons. The third kappa shape index (κ3) is 1.30. The van der Waals surface area contributed by atoms with Crippen LogP contribution in [0.15, 0.2) is 18.3 Å². The van der Waals surface area contributed by atoms with E-state index in [9.17, 15) is 0 Å². The lowest BCUT2D eigenvalue weighted by Gasteiger charge is -2.11. The fourth-order valence-corrected chi connectivity index (χ4v) is 4.26. The van der Waals surface area contributed by atoms with Crippen molar-refractivity contribution in [1.29, 1.82) is 5.26 Å². The van der Waals surface area contributed by atoms with Crippen molar-refractivity contribution in [2.45, 2.75) is 25.3 Å². The number of nitrogens with zero attached hydrogens (tertiary/aromatic N) is 2. The van der Waals surface area contributed by atoms with Crippen molar-refractivity contribution in [1.82, 2.24) is 4.98 Å². The Morgan fingerprint density at radius 2 is 2.00 bits per heavy atom. The molecule has 86 valence electrons. The van der Waals surface area contributed by atoms with Gasteiger partial charge in [0.25, 0.3) is 0 Å². The van der Waals surface area contributed by atoms with E-state index < -0.39 is 0 Å². The Bertz CT molecular complexity index is 471. The van der Waals surface area contributed by atoms with Crippen LogP contribution in [0, 0.1) is 35.0 Å². The summed E-state index contributed by atoms with van der Waals surface area (Å²) in [6.07, 6.45) is 6.18. The van der Waals surface area contributed by atoms with Gasteiger partial charge in [0.05, 0.1) is 11.9 Å². The van der Waals surface area contributed by atoms with Gasteiger partial charge >= 0.3 is 0 Å². The van der Waals surface area contributed by atoms with Crippen LogP contribution >= 0.6 is 0 Å². The molecular formula is C14H15N3. The first kappa shape index (κ1) is 9.47. The zero-order valence-electron chi connectivity index (χ0n) is 9.63. The molecule has 0 aliphatic heterocycles. The fraction of sp³-hybridized carbons (Fsp3) is 0.571. The second-order valence-electron chi connectivity index (χ2n) is 5.70. The van der Waals surface area contributed by atoms with Crippen molar-refractivity contribution < 1.29 is 0 Å². The van der Waals surface area contributed by atoms with Gasteiger partial charge in [0.1, 0.15) is 11.8 Å². The van der Waals surface area contributed by atoms with Crippen LogP contribution in [-0.2, 0) is 0 Å². The molecule has 4 rings (SSSR count). The summed E-state index contributed by atoms with van der Waals surface area (Å²) < 4.78 is 0. The van der Waals surface area contributed by atoms with Crippen LogP contribution in [-0.4, -0.2) is 11.0 Å². The molecule has 4 atom stereocenters. The summed E-state index contributed by atoms with van der Waals surface area (Å²) in [6.45, 7) is 0. The van der Waals surface area contributed by atoms with Crippen LogP contribution in [0.25, 0.3) is 0 Å². The highest BCUT2D eigenvalue weighted by atomic mass is 15.0. The van der Waals surface area contributed by atoms with Gasteiger partial charge in [-0.2, -0.15) is 5.26 Å². The van der Waals surface area contributed by atoms with Crippen molar-refractivity contribution in [2.75, 3.05) is 5.32 Å². The van der Waals surface area contributed by atoms with Gasteiger partial charge in [-0.15, -0.1) is 0 Å². The maximum absolute atomic E-state index is 8.70. The lowest BCUT2D eigenvalue weighted by molar-refractivity contribution is 0.456. The largest absolute Gasteiger partial charge is 0.380 e.